The lowest BCUT2D eigenvalue weighted by atomic mass is 10.0. The molecule has 0 aliphatic heterocycles. The van der Waals surface area contributed by atoms with Crippen molar-refractivity contribution >= 4 is 0 Å². The van der Waals surface area contributed by atoms with Crippen LogP contribution in [0.1, 0.15) is 18.1 Å². The maximum atomic E-state index is 12.5. The standard InChI is InChI=1S/C10H10FNO2/c11-8-3-1-7(2-4-8)10(14)9(13)5-6-12/h1-4,9-10,13-14H,5H2. The predicted molar refractivity (Wildman–Crippen MR) is 47.6 cm³/mol. The zero-order chi connectivity index (χ0) is 10.6. The van der Waals surface area contributed by atoms with Crippen LogP contribution in [0.2, 0.25) is 0 Å². The Hall–Kier alpha value is -1.44. The molecule has 0 heterocycles. The molecule has 0 amide bonds. The van der Waals surface area contributed by atoms with Crippen molar-refractivity contribution in [3.63, 3.8) is 0 Å². The summed E-state index contributed by atoms with van der Waals surface area (Å²) >= 11 is 0. The second-order valence-corrected chi connectivity index (χ2v) is 2.93. The lowest BCUT2D eigenvalue weighted by molar-refractivity contribution is 0.0216. The highest BCUT2D eigenvalue weighted by Crippen LogP contribution is 2.18. The molecule has 3 nitrogen and oxygen atoms in total. The minimum absolute atomic E-state index is 0.154. The minimum atomic E-state index is -1.14. The van der Waals surface area contributed by atoms with Gasteiger partial charge in [0.05, 0.1) is 18.6 Å². The van der Waals surface area contributed by atoms with Crippen molar-refractivity contribution in [3.05, 3.63) is 35.6 Å². The van der Waals surface area contributed by atoms with E-state index in [1.807, 2.05) is 0 Å². The first-order chi connectivity index (χ1) is 6.65. The van der Waals surface area contributed by atoms with Crippen molar-refractivity contribution in [1.29, 1.82) is 5.26 Å². The van der Waals surface area contributed by atoms with E-state index >= 15 is 0 Å². The van der Waals surface area contributed by atoms with Gasteiger partial charge in [-0.1, -0.05) is 12.1 Å². The van der Waals surface area contributed by atoms with E-state index in [1.54, 1.807) is 6.07 Å². The molecule has 0 spiro atoms. The summed E-state index contributed by atoms with van der Waals surface area (Å²) in [6, 6.07) is 6.88. The molecular weight excluding hydrogens is 185 g/mol. The molecule has 0 saturated heterocycles. The van der Waals surface area contributed by atoms with Gasteiger partial charge in [0.1, 0.15) is 11.9 Å². The molecule has 2 N–H and O–H groups in total. The summed E-state index contributed by atoms with van der Waals surface area (Å²) in [5.41, 5.74) is 0.397. The lowest BCUT2D eigenvalue weighted by Gasteiger charge is -2.15. The van der Waals surface area contributed by atoms with Crippen LogP contribution in [-0.2, 0) is 0 Å². The van der Waals surface area contributed by atoms with E-state index in [9.17, 15) is 14.6 Å². The Morgan fingerprint density at radius 3 is 2.36 bits per heavy atom. The van der Waals surface area contributed by atoms with E-state index in [1.165, 1.54) is 24.3 Å². The first-order valence-electron chi connectivity index (χ1n) is 4.13. The highest BCUT2D eigenvalue weighted by molar-refractivity contribution is 5.19. The fourth-order valence-corrected chi connectivity index (χ4v) is 1.09. The molecule has 2 atom stereocenters. The zero-order valence-electron chi connectivity index (χ0n) is 7.39. The first kappa shape index (κ1) is 10.6. The zero-order valence-corrected chi connectivity index (χ0v) is 7.39. The van der Waals surface area contributed by atoms with E-state index in [0.717, 1.165) is 0 Å². The van der Waals surface area contributed by atoms with Gasteiger partial charge in [-0.3, -0.25) is 0 Å². The van der Waals surface area contributed by atoms with Crippen LogP contribution in [-0.4, -0.2) is 16.3 Å². The number of rotatable bonds is 3. The second kappa shape index (κ2) is 4.70. The van der Waals surface area contributed by atoms with E-state index in [4.69, 9.17) is 5.26 Å². The van der Waals surface area contributed by atoms with Crippen LogP contribution in [0.15, 0.2) is 24.3 Å². The topological polar surface area (TPSA) is 64.2 Å². The van der Waals surface area contributed by atoms with E-state index in [2.05, 4.69) is 0 Å². The Kier molecular flexibility index (Phi) is 3.57. The quantitative estimate of drug-likeness (QED) is 0.760. The molecule has 14 heavy (non-hydrogen) atoms. The normalized spacial score (nSPS) is 14.4. The number of hydrogen-bond acceptors (Lipinski definition) is 3. The molecule has 1 aromatic rings. The maximum absolute atomic E-state index is 12.5. The second-order valence-electron chi connectivity index (χ2n) is 2.93. The smallest absolute Gasteiger partial charge is 0.123 e. The Balaban J connectivity index is 2.74. The summed E-state index contributed by atoms with van der Waals surface area (Å²) in [6.07, 6.45) is -2.43. The van der Waals surface area contributed by atoms with Crippen molar-refractivity contribution in [1.82, 2.24) is 0 Å². The Bertz CT molecular complexity index is 331. The molecule has 0 bridgehead atoms. The van der Waals surface area contributed by atoms with Crippen LogP contribution in [0.5, 0.6) is 0 Å². The van der Waals surface area contributed by atoms with Crippen LogP contribution in [0.25, 0.3) is 0 Å². The van der Waals surface area contributed by atoms with Crippen molar-refractivity contribution in [2.75, 3.05) is 0 Å². The summed E-state index contributed by atoms with van der Waals surface area (Å²) in [5.74, 6) is -0.407. The van der Waals surface area contributed by atoms with Gasteiger partial charge in [-0.05, 0) is 17.7 Å². The average molecular weight is 195 g/mol. The monoisotopic (exact) mass is 195 g/mol. The van der Waals surface area contributed by atoms with Crippen molar-refractivity contribution in [2.24, 2.45) is 0 Å². The Morgan fingerprint density at radius 2 is 1.86 bits per heavy atom. The van der Waals surface area contributed by atoms with Gasteiger partial charge in [-0.15, -0.1) is 0 Å². The third-order valence-electron chi connectivity index (χ3n) is 1.88. The highest BCUT2D eigenvalue weighted by Gasteiger charge is 2.17. The SMILES string of the molecule is N#CCC(O)C(O)c1ccc(F)cc1. The third-order valence-corrected chi connectivity index (χ3v) is 1.88. The summed E-state index contributed by atoms with van der Waals surface area (Å²) < 4.78 is 12.5. The number of nitrogens with zero attached hydrogens (tertiary/aromatic N) is 1. The fraction of sp³-hybridized carbons (Fsp3) is 0.300. The maximum Gasteiger partial charge on any atom is 0.123 e. The van der Waals surface area contributed by atoms with Crippen LogP contribution in [0.3, 0.4) is 0 Å². The van der Waals surface area contributed by atoms with Crippen molar-refractivity contribution in [2.45, 2.75) is 18.6 Å². The first-order valence-corrected chi connectivity index (χ1v) is 4.13. The summed E-state index contributed by atoms with van der Waals surface area (Å²) in [5, 5.41) is 27.1. The number of benzene rings is 1. The van der Waals surface area contributed by atoms with Crippen LogP contribution in [0.4, 0.5) is 4.39 Å². The van der Waals surface area contributed by atoms with Gasteiger partial charge < -0.3 is 10.2 Å². The van der Waals surface area contributed by atoms with Gasteiger partial charge in [-0.2, -0.15) is 5.26 Å². The van der Waals surface area contributed by atoms with Crippen LogP contribution >= 0.6 is 0 Å². The molecular formula is C10H10FNO2. The summed E-state index contributed by atoms with van der Waals surface area (Å²) in [7, 11) is 0. The molecule has 0 saturated carbocycles. The number of nitriles is 1. The fourth-order valence-electron chi connectivity index (χ4n) is 1.09. The number of hydrogen-bond donors (Lipinski definition) is 2. The molecule has 1 aromatic carbocycles. The summed E-state index contributed by atoms with van der Waals surface area (Å²) in [6.45, 7) is 0. The summed E-state index contributed by atoms with van der Waals surface area (Å²) in [4.78, 5) is 0. The van der Waals surface area contributed by atoms with Gasteiger partial charge in [0.15, 0.2) is 0 Å². The molecule has 0 aromatic heterocycles. The van der Waals surface area contributed by atoms with Gasteiger partial charge in [0.2, 0.25) is 0 Å². The largest absolute Gasteiger partial charge is 0.389 e. The van der Waals surface area contributed by atoms with Gasteiger partial charge in [0, 0.05) is 0 Å². The van der Waals surface area contributed by atoms with Crippen LogP contribution < -0.4 is 0 Å². The molecule has 0 aliphatic rings. The number of aliphatic hydroxyl groups is 2. The van der Waals surface area contributed by atoms with E-state index in [-0.39, 0.29) is 6.42 Å². The van der Waals surface area contributed by atoms with Gasteiger partial charge in [0.25, 0.3) is 0 Å². The highest BCUT2D eigenvalue weighted by atomic mass is 19.1. The van der Waals surface area contributed by atoms with Gasteiger partial charge in [-0.25, -0.2) is 4.39 Å². The Morgan fingerprint density at radius 1 is 1.29 bits per heavy atom. The average Bonchev–Trinajstić information content (AvgIpc) is 2.18. The molecule has 0 radical (unpaired) electrons. The van der Waals surface area contributed by atoms with Gasteiger partial charge >= 0.3 is 0 Å². The van der Waals surface area contributed by atoms with E-state index in [0.29, 0.717) is 5.56 Å². The molecule has 0 fully saturated rings. The molecule has 74 valence electrons. The Labute approximate surface area is 81.0 Å². The lowest BCUT2D eigenvalue weighted by Crippen LogP contribution is -2.17. The molecule has 4 heteroatoms. The number of halogens is 1. The third kappa shape index (κ3) is 2.52. The van der Waals surface area contributed by atoms with Crippen molar-refractivity contribution in [3.8, 4) is 6.07 Å². The predicted octanol–water partition coefficient (Wildman–Crippen LogP) is 1.13. The molecule has 2 unspecified atom stereocenters. The molecule has 0 aliphatic carbocycles. The van der Waals surface area contributed by atoms with Crippen molar-refractivity contribution < 1.29 is 14.6 Å². The van der Waals surface area contributed by atoms with Crippen LogP contribution in [0, 0.1) is 17.1 Å². The number of aliphatic hydroxyl groups excluding tert-OH is 2. The van der Waals surface area contributed by atoms with E-state index < -0.39 is 18.0 Å². The molecule has 1 rings (SSSR count). The minimum Gasteiger partial charge on any atom is -0.389 e.